The summed E-state index contributed by atoms with van der Waals surface area (Å²) in [5.41, 5.74) is 6.32. The molecule has 1 aliphatic heterocycles. The minimum atomic E-state index is -0.206. The first kappa shape index (κ1) is 24.7. The molecule has 2 aromatic heterocycles. The maximum Gasteiger partial charge on any atom is 0.274 e. The minimum absolute atomic E-state index is 0.0715. The van der Waals surface area contributed by atoms with Crippen LogP contribution in [-0.2, 0) is 32.9 Å². The van der Waals surface area contributed by atoms with Gasteiger partial charge in [-0.25, -0.2) is 4.39 Å². The summed E-state index contributed by atoms with van der Waals surface area (Å²) in [5.74, 6) is 0.304. The fourth-order valence-electron chi connectivity index (χ4n) is 6.03. The second-order valence-electron chi connectivity index (χ2n) is 10.6. The number of hydrogen-bond acceptors (Lipinski definition) is 4. The number of aromatic nitrogens is 4. The zero-order valence-electron chi connectivity index (χ0n) is 21.6. The highest BCUT2D eigenvalue weighted by Crippen LogP contribution is 2.30. The Morgan fingerprint density at radius 2 is 1.92 bits per heavy atom. The number of aryl methyl sites for hydroxylation is 3. The van der Waals surface area contributed by atoms with E-state index in [0.717, 1.165) is 87.1 Å². The van der Waals surface area contributed by atoms with Gasteiger partial charge in [0.1, 0.15) is 5.82 Å². The molecule has 1 N–H and O–H groups in total. The van der Waals surface area contributed by atoms with Crippen molar-refractivity contribution < 1.29 is 9.18 Å². The van der Waals surface area contributed by atoms with Crippen LogP contribution in [0.15, 0.2) is 30.5 Å². The molecular weight excluding hydrogens is 455 g/mol. The zero-order chi connectivity index (χ0) is 25.2. The van der Waals surface area contributed by atoms with Gasteiger partial charge in [-0.15, -0.1) is 0 Å². The molecule has 1 aliphatic carbocycles. The van der Waals surface area contributed by atoms with E-state index in [4.69, 9.17) is 0 Å². The normalized spacial score (nSPS) is 17.4. The topological polar surface area (TPSA) is 70.1 Å². The van der Waals surface area contributed by atoms with E-state index in [1.165, 1.54) is 5.56 Å². The Labute approximate surface area is 212 Å². The van der Waals surface area contributed by atoms with Crippen molar-refractivity contribution in [2.24, 2.45) is 13.0 Å². The Kier molecular flexibility index (Phi) is 7.23. The summed E-state index contributed by atoms with van der Waals surface area (Å²) in [5, 5.41) is 12.0. The molecular formula is C28H37FN6O. The number of fused-ring (bicyclic) bond motifs is 1. The van der Waals surface area contributed by atoms with Crippen LogP contribution in [0.1, 0.15) is 64.2 Å². The number of rotatable bonds is 7. The summed E-state index contributed by atoms with van der Waals surface area (Å²) in [7, 11) is 4.13. The van der Waals surface area contributed by atoms with Gasteiger partial charge < -0.3 is 4.90 Å². The SMILES string of the molecule is Cc1nn(C)cc1CN(C)C(Cc1ccc(F)cc1)C1CCN(C(=O)c2n[nH]c3c2CCCC3)CC1. The second-order valence-corrected chi connectivity index (χ2v) is 10.6. The number of carbonyl (C=O) groups is 1. The van der Waals surface area contributed by atoms with E-state index in [9.17, 15) is 9.18 Å². The summed E-state index contributed by atoms with van der Waals surface area (Å²) in [4.78, 5) is 17.7. The molecule has 0 radical (unpaired) electrons. The van der Waals surface area contributed by atoms with Crippen molar-refractivity contribution in [3.8, 4) is 0 Å². The third kappa shape index (κ3) is 5.24. The number of likely N-dealkylation sites (N-methyl/N-ethyl adjacent to an activating group) is 1. The number of H-pyrrole nitrogens is 1. The van der Waals surface area contributed by atoms with Crippen molar-refractivity contribution in [1.29, 1.82) is 0 Å². The molecule has 1 atom stereocenters. The molecule has 1 fully saturated rings. The van der Waals surface area contributed by atoms with Gasteiger partial charge in [0.25, 0.3) is 5.91 Å². The molecule has 1 unspecified atom stereocenters. The zero-order valence-corrected chi connectivity index (χ0v) is 21.6. The van der Waals surface area contributed by atoms with E-state index < -0.39 is 0 Å². The number of carbonyl (C=O) groups excluding carboxylic acids is 1. The van der Waals surface area contributed by atoms with Crippen molar-refractivity contribution >= 4 is 5.91 Å². The lowest BCUT2D eigenvalue weighted by atomic mass is 9.84. The first-order valence-corrected chi connectivity index (χ1v) is 13.2. The first-order chi connectivity index (χ1) is 17.4. The van der Waals surface area contributed by atoms with Gasteiger partial charge in [-0.1, -0.05) is 12.1 Å². The fourth-order valence-corrected chi connectivity index (χ4v) is 6.03. The maximum absolute atomic E-state index is 13.5. The lowest BCUT2D eigenvalue weighted by Crippen LogP contribution is -2.46. The Balaban J connectivity index is 1.29. The number of piperidine rings is 1. The molecule has 0 spiro atoms. The predicted octanol–water partition coefficient (Wildman–Crippen LogP) is 4.07. The molecule has 192 valence electrons. The number of nitrogens with zero attached hydrogens (tertiary/aromatic N) is 5. The molecule has 0 saturated carbocycles. The highest BCUT2D eigenvalue weighted by atomic mass is 19.1. The van der Waals surface area contributed by atoms with Gasteiger partial charge in [-0.2, -0.15) is 10.2 Å². The smallest absolute Gasteiger partial charge is 0.274 e. The number of benzene rings is 1. The number of nitrogens with one attached hydrogen (secondary N) is 1. The van der Waals surface area contributed by atoms with Crippen LogP contribution in [0.5, 0.6) is 0 Å². The minimum Gasteiger partial charge on any atom is -0.337 e. The van der Waals surface area contributed by atoms with Crippen molar-refractivity contribution in [2.75, 3.05) is 20.1 Å². The molecule has 7 nitrogen and oxygen atoms in total. The Bertz CT molecular complexity index is 1190. The largest absolute Gasteiger partial charge is 0.337 e. The molecule has 2 aliphatic rings. The third-order valence-electron chi connectivity index (χ3n) is 8.09. The second kappa shape index (κ2) is 10.5. The van der Waals surface area contributed by atoms with Gasteiger partial charge in [-0.05, 0) is 82.5 Å². The van der Waals surface area contributed by atoms with Gasteiger partial charge >= 0.3 is 0 Å². The molecule has 1 aromatic carbocycles. The summed E-state index contributed by atoms with van der Waals surface area (Å²) in [6, 6.07) is 7.16. The van der Waals surface area contributed by atoms with Gasteiger partial charge in [0.05, 0.1) is 5.69 Å². The summed E-state index contributed by atoms with van der Waals surface area (Å²) >= 11 is 0. The number of halogens is 1. The standard InChI is InChI=1S/C28H37FN6O/c1-19-22(18-34(3)32-19)17-33(2)26(16-20-8-10-23(29)11-9-20)21-12-14-35(15-13-21)28(36)27-24-6-4-5-7-25(24)30-31-27/h8-11,18,21,26H,4-7,12-17H2,1-3H3,(H,30,31). The molecule has 36 heavy (non-hydrogen) atoms. The summed E-state index contributed by atoms with van der Waals surface area (Å²) in [6.45, 7) is 4.34. The number of aromatic amines is 1. The molecule has 1 saturated heterocycles. The summed E-state index contributed by atoms with van der Waals surface area (Å²) in [6.07, 6.45) is 9.06. The molecule has 8 heteroatoms. The van der Waals surface area contributed by atoms with Crippen LogP contribution in [0.4, 0.5) is 4.39 Å². The number of amides is 1. The van der Waals surface area contributed by atoms with Crippen LogP contribution in [0.25, 0.3) is 0 Å². The molecule has 1 amide bonds. The van der Waals surface area contributed by atoms with Gasteiger partial charge in [0.15, 0.2) is 5.69 Å². The lowest BCUT2D eigenvalue weighted by Gasteiger charge is -2.40. The van der Waals surface area contributed by atoms with E-state index in [0.29, 0.717) is 11.6 Å². The van der Waals surface area contributed by atoms with Crippen molar-refractivity contribution in [3.05, 3.63) is 70.1 Å². The van der Waals surface area contributed by atoms with Crippen LogP contribution in [-0.4, -0.2) is 61.9 Å². The average Bonchev–Trinajstić information content (AvgIpc) is 3.45. The van der Waals surface area contributed by atoms with E-state index in [2.05, 4.69) is 40.4 Å². The molecule has 3 aromatic rings. The van der Waals surface area contributed by atoms with E-state index in [-0.39, 0.29) is 17.8 Å². The molecule has 5 rings (SSSR count). The highest BCUT2D eigenvalue weighted by molar-refractivity contribution is 5.94. The van der Waals surface area contributed by atoms with E-state index in [1.807, 2.05) is 28.8 Å². The Morgan fingerprint density at radius 1 is 1.19 bits per heavy atom. The van der Waals surface area contributed by atoms with Crippen molar-refractivity contribution in [3.63, 3.8) is 0 Å². The number of likely N-dealkylation sites (tertiary alicyclic amines) is 1. The number of hydrogen-bond donors (Lipinski definition) is 1. The van der Waals surface area contributed by atoms with Crippen LogP contribution in [0, 0.1) is 18.7 Å². The van der Waals surface area contributed by atoms with E-state index >= 15 is 0 Å². The lowest BCUT2D eigenvalue weighted by molar-refractivity contribution is 0.0596. The molecule has 3 heterocycles. The van der Waals surface area contributed by atoms with Gasteiger partial charge in [-0.3, -0.25) is 19.5 Å². The fraction of sp³-hybridized carbons (Fsp3) is 0.536. The predicted molar refractivity (Wildman–Crippen MR) is 137 cm³/mol. The van der Waals surface area contributed by atoms with Crippen LogP contribution in [0.3, 0.4) is 0 Å². The van der Waals surface area contributed by atoms with Crippen LogP contribution in [0.2, 0.25) is 0 Å². The van der Waals surface area contributed by atoms with Crippen LogP contribution >= 0.6 is 0 Å². The maximum atomic E-state index is 13.5. The summed E-state index contributed by atoms with van der Waals surface area (Å²) < 4.78 is 15.4. The van der Waals surface area contributed by atoms with E-state index in [1.54, 1.807) is 12.1 Å². The third-order valence-corrected chi connectivity index (χ3v) is 8.09. The van der Waals surface area contributed by atoms with Crippen LogP contribution < -0.4 is 0 Å². The van der Waals surface area contributed by atoms with Crippen molar-refractivity contribution in [1.82, 2.24) is 29.8 Å². The van der Waals surface area contributed by atoms with Crippen molar-refractivity contribution in [2.45, 2.75) is 64.5 Å². The average molecular weight is 493 g/mol. The Hall–Kier alpha value is -3.00. The molecule has 0 bridgehead atoms. The van der Waals surface area contributed by atoms with Gasteiger partial charge in [0.2, 0.25) is 0 Å². The van der Waals surface area contributed by atoms with Gasteiger partial charge in [0, 0.05) is 55.7 Å². The monoisotopic (exact) mass is 492 g/mol. The Morgan fingerprint density at radius 3 is 2.61 bits per heavy atom. The first-order valence-electron chi connectivity index (χ1n) is 13.2. The quantitative estimate of drug-likeness (QED) is 0.540. The highest BCUT2D eigenvalue weighted by Gasteiger charge is 2.33.